The van der Waals surface area contributed by atoms with E-state index in [1.165, 1.54) is 0 Å². The number of hydrogen-bond donors (Lipinski definition) is 1. The van der Waals surface area contributed by atoms with Gasteiger partial charge in [0.05, 0.1) is 18.2 Å². The molecule has 1 aromatic rings. The van der Waals surface area contributed by atoms with E-state index in [0.717, 1.165) is 5.69 Å². The maximum Gasteiger partial charge on any atom is 0.247 e. The van der Waals surface area contributed by atoms with Crippen molar-refractivity contribution in [3.63, 3.8) is 0 Å². The van der Waals surface area contributed by atoms with E-state index in [-0.39, 0.29) is 12.5 Å². The summed E-state index contributed by atoms with van der Waals surface area (Å²) in [5.41, 5.74) is 1.35. The van der Waals surface area contributed by atoms with Gasteiger partial charge < -0.3 is 14.9 Å². The molecule has 5 heteroatoms. The summed E-state index contributed by atoms with van der Waals surface area (Å²) in [5.74, 6) is -0.0916. The lowest BCUT2D eigenvalue weighted by Crippen LogP contribution is -2.57. The van der Waals surface area contributed by atoms with Crippen LogP contribution in [0.2, 0.25) is 0 Å². The summed E-state index contributed by atoms with van der Waals surface area (Å²) in [4.78, 5) is 15.4. The van der Waals surface area contributed by atoms with Gasteiger partial charge in [0, 0.05) is 25.8 Å². The third kappa shape index (κ3) is 2.15. The smallest absolute Gasteiger partial charge is 0.247 e. The molecule has 1 heterocycles. The Morgan fingerprint density at radius 1 is 1.50 bits per heavy atom. The summed E-state index contributed by atoms with van der Waals surface area (Å²) in [7, 11) is 1.73. The van der Waals surface area contributed by atoms with Gasteiger partial charge >= 0.3 is 0 Å². The molecule has 0 radical (unpaired) electrons. The van der Waals surface area contributed by atoms with Crippen LogP contribution in [-0.4, -0.2) is 48.7 Å². The van der Waals surface area contributed by atoms with Gasteiger partial charge in [0.2, 0.25) is 5.91 Å². The second-order valence-corrected chi connectivity index (χ2v) is 4.31. The number of aliphatic hydroxyl groups excluding tert-OH is 1. The van der Waals surface area contributed by atoms with E-state index >= 15 is 0 Å². The number of hydrogen-bond acceptors (Lipinski definition) is 4. The highest BCUT2D eigenvalue weighted by Crippen LogP contribution is 2.21. The molecule has 1 N–H and O–H groups in total. The van der Waals surface area contributed by atoms with Crippen molar-refractivity contribution in [3.8, 4) is 6.07 Å². The molecular formula is C13H15N3O2. The van der Waals surface area contributed by atoms with Gasteiger partial charge in [-0.1, -0.05) is 6.07 Å². The molecular weight excluding hydrogens is 230 g/mol. The molecule has 5 nitrogen and oxygen atoms in total. The normalized spacial score (nSPS) is 19.8. The molecule has 1 amide bonds. The molecule has 94 valence electrons. The van der Waals surface area contributed by atoms with E-state index in [1.807, 2.05) is 11.0 Å². The van der Waals surface area contributed by atoms with Crippen molar-refractivity contribution in [2.45, 2.75) is 6.04 Å². The monoisotopic (exact) mass is 245 g/mol. The quantitative estimate of drug-likeness (QED) is 0.808. The van der Waals surface area contributed by atoms with E-state index in [1.54, 1.807) is 30.1 Å². The van der Waals surface area contributed by atoms with Crippen molar-refractivity contribution >= 4 is 11.6 Å². The molecule has 0 aliphatic carbocycles. The van der Waals surface area contributed by atoms with Crippen molar-refractivity contribution in [1.82, 2.24) is 4.90 Å². The number of likely N-dealkylation sites (N-methyl/N-ethyl adjacent to an activating group) is 1. The predicted octanol–water partition coefficient (Wildman–Crippen LogP) is 0.198. The van der Waals surface area contributed by atoms with Crippen molar-refractivity contribution in [2.24, 2.45) is 0 Å². The summed E-state index contributed by atoms with van der Waals surface area (Å²) in [6, 6.07) is 8.60. The zero-order valence-electron chi connectivity index (χ0n) is 10.2. The van der Waals surface area contributed by atoms with Crippen LogP contribution in [-0.2, 0) is 4.79 Å². The first kappa shape index (κ1) is 12.4. The molecule has 0 saturated carbocycles. The van der Waals surface area contributed by atoms with Crippen LogP contribution in [0.5, 0.6) is 0 Å². The molecule has 1 saturated heterocycles. The molecule has 1 unspecified atom stereocenters. The van der Waals surface area contributed by atoms with Crippen LogP contribution in [0.1, 0.15) is 5.56 Å². The summed E-state index contributed by atoms with van der Waals surface area (Å²) < 4.78 is 0. The molecule has 18 heavy (non-hydrogen) atoms. The largest absolute Gasteiger partial charge is 0.394 e. The van der Waals surface area contributed by atoms with Crippen molar-refractivity contribution in [1.29, 1.82) is 5.26 Å². The van der Waals surface area contributed by atoms with Crippen LogP contribution in [0.3, 0.4) is 0 Å². The van der Waals surface area contributed by atoms with Gasteiger partial charge in [-0.15, -0.1) is 0 Å². The average molecular weight is 245 g/mol. The fourth-order valence-corrected chi connectivity index (χ4v) is 2.15. The molecule has 0 aromatic heterocycles. The number of aliphatic hydroxyl groups is 1. The standard InChI is InChI=1S/C13H15N3O2/c1-15-5-6-16(12(9-17)13(15)18)11-4-2-3-10(7-11)8-14/h2-4,7,12,17H,5-6,9H2,1H3. The zero-order valence-corrected chi connectivity index (χ0v) is 10.2. The van der Waals surface area contributed by atoms with Crippen molar-refractivity contribution in [3.05, 3.63) is 29.8 Å². The van der Waals surface area contributed by atoms with Crippen LogP contribution in [0.4, 0.5) is 5.69 Å². The Morgan fingerprint density at radius 3 is 2.94 bits per heavy atom. The van der Waals surface area contributed by atoms with Gasteiger partial charge in [-0.05, 0) is 18.2 Å². The first-order valence-electron chi connectivity index (χ1n) is 5.80. The van der Waals surface area contributed by atoms with Gasteiger partial charge in [0.1, 0.15) is 6.04 Å². The van der Waals surface area contributed by atoms with Crippen LogP contribution in [0, 0.1) is 11.3 Å². The predicted molar refractivity (Wildman–Crippen MR) is 67.0 cm³/mol. The van der Waals surface area contributed by atoms with Crippen molar-refractivity contribution < 1.29 is 9.90 Å². The molecule has 1 fully saturated rings. The van der Waals surface area contributed by atoms with Gasteiger partial charge in [0.15, 0.2) is 0 Å². The molecule has 1 aliphatic rings. The highest BCUT2D eigenvalue weighted by molar-refractivity contribution is 5.86. The number of nitriles is 1. The Bertz CT molecular complexity index is 495. The van der Waals surface area contributed by atoms with E-state index < -0.39 is 6.04 Å². The average Bonchev–Trinajstić information content (AvgIpc) is 2.41. The lowest BCUT2D eigenvalue weighted by atomic mass is 10.1. The SMILES string of the molecule is CN1CCN(c2cccc(C#N)c2)C(CO)C1=O. The minimum atomic E-state index is -0.558. The van der Waals surface area contributed by atoms with Crippen LogP contribution < -0.4 is 4.90 Å². The molecule has 1 aliphatic heterocycles. The maximum absolute atomic E-state index is 12.0. The topological polar surface area (TPSA) is 67.6 Å². The number of benzene rings is 1. The lowest BCUT2D eigenvalue weighted by molar-refractivity contribution is -0.133. The summed E-state index contributed by atoms with van der Waals surface area (Å²) >= 11 is 0. The Kier molecular flexibility index (Phi) is 3.49. The second kappa shape index (κ2) is 5.07. The van der Waals surface area contributed by atoms with Crippen LogP contribution >= 0.6 is 0 Å². The fraction of sp³-hybridized carbons (Fsp3) is 0.385. The molecule has 1 atom stereocenters. The number of anilines is 1. The lowest BCUT2D eigenvalue weighted by Gasteiger charge is -2.39. The highest BCUT2D eigenvalue weighted by Gasteiger charge is 2.32. The third-order valence-electron chi connectivity index (χ3n) is 3.19. The number of carbonyl (C=O) groups is 1. The molecule has 1 aromatic carbocycles. The summed E-state index contributed by atoms with van der Waals surface area (Å²) in [6.45, 7) is 1.05. The van der Waals surface area contributed by atoms with Gasteiger partial charge in [-0.25, -0.2) is 0 Å². The Labute approximate surface area is 106 Å². The van der Waals surface area contributed by atoms with Gasteiger partial charge in [0.25, 0.3) is 0 Å². The van der Waals surface area contributed by atoms with Gasteiger partial charge in [-0.2, -0.15) is 5.26 Å². The third-order valence-corrected chi connectivity index (χ3v) is 3.19. The minimum absolute atomic E-state index is 0.0916. The fourth-order valence-electron chi connectivity index (χ4n) is 2.15. The number of amides is 1. The van der Waals surface area contributed by atoms with E-state index in [2.05, 4.69) is 6.07 Å². The minimum Gasteiger partial charge on any atom is -0.394 e. The maximum atomic E-state index is 12.0. The Morgan fingerprint density at radius 2 is 2.28 bits per heavy atom. The van der Waals surface area contributed by atoms with E-state index in [9.17, 15) is 9.90 Å². The van der Waals surface area contributed by atoms with E-state index in [0.29, 0.717) is 18.7 Å². The number of piperazine rings is 1. The summed E-state index contributed by atoms with van der Waals surface area (Å²) in [6.07, 6.45) is 0. The van der Waals surface area contributed by atoms with Gasteiger partial charge in [-0.3, -0.25) is 4.79 Å². The first-order chi connectivity index (χ1) is 8.67. The molecule has 0 spiro atoms. The Balaban J connectivity index is 2.31. The zero-order chi connectivity index (χ0) is 13.1. The van der Waals surface area contributed by atoms with Crippen LogP contribution in [0.25, 0.3) is 0 Å². The molecule has 2 rings (SSSR count). The van der Waals surface area contributed by atoms with E-state index in [4.69, 9.17) is 5.26 Å². The number of nitrogens with zero attached hydrogens (tertiary/aromatic N) is 3. The Hall–Kier alpha value is -2.06. The first-order valence-corrected chi connectivity index (χ1v) is 5.80. The number of carbonyl (C=O) groups excluding carboxylic acids is 1. The second-order valence-electron chi connectivity index (χ2n) is 4.31. The van der Waals surface area contributed by atoms with Crippen molar-refractivity contribution in [2.75, 3.05) is 31.6 Å². The molecule has 0 bridgehead atoms. The highest BCUT2D eigenvalue weighted by atomic mass is 16.3. The summed E-state index contributed by atoms with van der Waals surface area (Å²) in [5, 5.41) is 18.3. The number of rotatable bonds is 2. The van der Waals surface area contributed by atoms with Crippen LogP contribution in [0.15, 0.2) is 24.3 Å².